The normalized spacial score (nSPS) is 10.4. The van der Waals surface area contributed by atoms with Gasteiger partial charge in [-0.3, -0.25) is 10.1 Å². The molecule has 0 amide bonds. The lowest BCUT2D eigenvalue weighted by atomic mass is 10.2. The summed E-state index contributed by atoms with van der Waals surface area (Å²) < 4.78 is 5.76. The number of rotatable bonds is 7. The average molecular weight is 334 g/mol. The van der Waals surface area contributed by atoms with Crippen molar-refractivity contribution in [2.24, 2.45) is 0 Å². The highest BCUT2D eigenvalue weighted by Crippen LogP contribution is 2.21. The third kappa shape index (κ3) is 4.89. The second-order valence-corrected chi connectivity index (χ2v) is 5.59. The van der Waals surface area contributed by atoms with Gasteiger partial charge in [-0.05, 0) is 35.4 Å². The van der Waals surface area contributed by atoms with Gasteiger partial charge in [0.15, 0.2) is 0 Å². The number of nitro groups is 1. The Labute approximate surface area is 146 Å². The van der Waals surface area contributed by atoms with Crippen LogP contribution in [0.3, 0.4) is 0 Å². The minimum atomic E-state index is -0.393. The molecule has 126 valence electrons. The molecule has 0 aromatic heterocycles. The molecule has 3 aromatic carbocycles. The van der Waals surface area contributed by atoms with Crippen LogP contribution in [0.1, 0.15) is 11.1 Å². The summed E-state index contributed by atoms with van der Waals surface area (Å²) in [7, 11) is 0. The number of hydrogen-bond donors (Lipinski definition) is 1. The van der Waals surface area contributed by atoms with Crippen molar-refractivity contribution >= 4 is 5.69 Å². The summed E-state index contributed by atoms with van der Waals surface area (Å²) in [6.45, 7) is 1.36. The van der Waals surface area contributed by atoms with Crippen LogP contribution in [0.5, 0.6) is 11.5 Å². The number of non-ortho nitro benzene ring substituents is 1. The Morgan fingerprint density at radius 2 is 1.28 bits per heavy atom. The van der Waals surface area contributed by atoms with Crippen molar-refractivity contribution in [3.8, 4) is 11.5 Å². The van der Waals surface area contributed by atoms with E-state index in [1.165, 1.54) is 12.1 Å². The largest absolute Gasteiger partial charge is 0.457 e. The highest BCUT2D eigenvalue weighted by Gasteiger charge is 2.03. The Morgan fingerprint density at radius 1 is 0.760 bits per heavy atom. The molecule has 0 unspecified atom stereocenters. The first-order chi connectivity index (χ1) is 12.2. The molecule has 0 atom stereocenters. The van der Waals surface area contributed by atoms with Gasteiger partial charge in [0.2, 0.25) is 0 Å². The summed E-state index contributed by atoms with van der Waals surface area (Å²) in [5.74, 6) is 1.61. The first kappa shape index (κ1) is 16.7. The molecule has 5 nitrogen and oxygen atoms in total. The molecule has 0 heterocycles. The zero-order valence-electron chi connectivity index (χ0n) is 13.6. The van der Waals surface area contributed by atoms with Gasteiger partial charge in [0.25, 0.3) is 5.69 Å². The Balaban J connectivity index is 1.49. The van der Waals surface area contributed by atoms with Gasteiger partial charge < -0.3 is 10.1 Å². The summed E-state index contributed by atoms with van der Waals surface area (Å²) in [5.41, 5.74) is 2.26. The maximum atomic E-state index is 10.6. The fourth-order valence-corrected chi connectivity index (χ4v) is 2.39. The summed E-state index contributed by atoms with van der Waals surface area (Å²) in [6, 6.07) is 24.1. The smallest absolute Gasteiger partial charge is 0.269 e. The predicted octanol–water partition coefficient (Wildman–Crippen LogP) is 4.68. The van der Waals surface area contributed by atoms with E-state index in [9.17, 15) is 10.1 Å². The number of para-hydroxylation sites is 1. The van der Waals surface area contributed by atoms with E-state index in [1.54, 1.807) is 12.1 Å². The van der Waals surface area contributed by atoms with Gasteiger partial charge in [-0.25, -0.2) is 0 Å². The van der Waals surface area contributed by atoms with E-state index >= 15 is 0 Å². The van der Waals surface area contributed by atoms with Gasteiger partial charge in [-0.15, -0.1) is 0 Å². The zero-order valence-corrected chi connectivity index (χ0v) is 13.6. The van der Waals surface area contributed by atoms with E-state index < -0.39 is 4.92 Å². The molecule has 0 aliphatic rings. The van der Waals surface area contributed by atoms with E-state index in [-0.39, 0.29) is 5.69 Å². The molecule has 25 heavy (non-hydrogen) atoms. The van der Waals surface area contributed by atoms with Crippen molar-refractivity contribution in [3.63, 3.8) is 0 Å². The average Bonchev–Trinajstić information content (AvgIpc) is 2.64. The number of nitrogens with one attached hydrogen (secondary N) is 1. The Morgan fingerprint density at radius 3 is 1.84 bits per heavy atom. The number of ether oxygens (including phenoxy) is 1. The lowest BCUT2D eigenvalue weighted by Gasteiger charge is -2.08. The third-order valence-corrected chi connectivity index (χ3v) is 3.71. The van der Waals surface area contributed by atoms with E-state index in [0.717, 1.165) is 22.6 Å². The SMILES string of the molecule is O=[N+]([O-])c1ccc(CNCc2ccc(Oc3ccccc3)cc2)cc1. The third-order valence-electron chi connectivity index (χ3n) is 3.71. The number of nitrogens with zero attached hydrogens (tertiary/aromatic N) is 1. The molecule has 0 radical (unpaired) electrons. The Kier molecular flexibility index (Phi) is 5.39. The van der Waals surface area contributed by atoms with Gasteiger partial charge in [-0.2, -0.15) is 0 Å². The number of benzene rings is 3. The summed E-state index contributed by atoms with van der Waals surface area (Å²) >= 11 is 0. The van der Waals surface area contributed by atoms with E-state index in [2.05, 4.69) is 5.32 Å². The molecule has 0 aliphatic carbocycles. The topological polar surface area (TPSA) is 64.4 Å². The summed E-state index contributed by atoms with van der Waals surface area (Å²) in [6.07, 6.45) is 0. The van der Waals surface area contributed by atoms with Gasteiger partial charge in [0, 0.05) is 25.2 Å². The first-order valence-electron chi connectivity index (χ1n) is 7.96. The zero-order chi connectivity index (χ0) is 17.5. The molecule has 5 heteroatoms. The van der Waals surface area contributed by atoms with Crippen LogP contribution in [0.2, 0.25) is 0 Å². The van der Waals surface area contributed by atoms with Crippen molar-refractivity contribution in [2.75, 3.05) is 0 Å². The van der Waals surface area contributed by atoms with E-state index in [4.69, 9.17) is 4.74 Å². The lowest BCUT2D eigenvalue weighted by Crippen LogP contribution is -2.12. The van der Waals surface area contributed by atoms with Crippen LogP contribution < -0.4 is 10.1 Å². The molecule has 3 aromatic rings. The van der Waals surface area contributed by atoms with Crippen molar-refractivity contribution in [1.82, 2.24) is 5.32 Å². The molecular weight excluding hydrogens is 316 g/mol. The van der Waals surface area contributed by atoms with Crippen LogP contribution in [0.25, 0.3) is 0 Å². The number of nitro benzene ring substituents is 1. The van der Waals surface area contributed by atoms with Crippen molar-refractivity contribution in [2.45, 2.75) is 13.1 Å². The van der Waals surface area contributed by atoms with Gasteiger partial charge in [0.05, 0.1) is 4.92 Å². The number of hydrogen-bond acceptors (Lipinski definition) is 4. The summed E-state index contributed by atoms with van der Waals surface area (Å²) in [5, 5.41) is 14.0. The predicted molar refractivity (Wildman–Crippen MR) is 96.6 cm³/mol. The van der Waals surface area contributed by atoms with Crippen molar-refractivity contribution in [1.29, 1.82) is 0 Å². The molecule has 0 saturated carbocycles. The van der Waals surface area contributed by atoms with Gasteiger partial charge >= 0.3 is 0 Å². The molecule has 0 saturated heterocycles. The fourth-order valence-electron chi connectivity index (χ4n) is 2.39. The first-order valence-corrected chi connectivity index (χ1v) is 7.96. The van der Waals surface area contributed by atoms with Crippen LogP contribution in [-0.4, -0.2) is 4.92 Å². The molecule has 0 aliphatic heterocycles. The molecule has 0 fully saturated rings. The molecular formula is C20H18N2O3. The minimum Gasteiger partial charge on any atom is -0.457 e. The summed E-state index contributed by atoms with van der Waals surface area (Å²) in [4.78, 5) is 10.2. The molecule has 0 bridgehead atoms. The maximum absolute atomic E-state index is 10.6. The van der Waals surface area contributed by atoms with Crippen LogP contribution in [0.15, 0.2) is 78.9 Å². The highest BCUT2D eigenvalue weighted by atomic mass is 16.6. The molecule has 1 N–H and O–H groups in total. The van der Waals surface area contributed by atoms with Crippen LogP contribution in [0, 0.1) is 10.1 Å². The Hall–Kier alpha value is -3.18. The van der Waals surface area contributed by atoms with Crippen LogP contribution >= 0.6 is 0 Å². The monoisotopic (exact) mass is 334 g/mol. The van der Waals surface area contributed by atoms with Crippen LogP contribution in [0.4, 0.5) is 5.69 Å². The lowest BCUT2D eigenvalue weighted by molar-refractivity contribution is -0.384. The van der Waals surface area contributed by atoms with Crippen molar-refractivity contribution < 1.29 is 9.66 Å². The Bertz CT molecular complexity index is 816. The van der Waals surface area contributed by atoms with Gasteiger partial charge in [0.1, 0.15) is 11.5 Å². The second-order valence-electron chi connectivity index (χ2n) is 5.59. The highest BCUT2D eigenvalue weighted by molar-refractivity contribution is 5.34. The quantitative estimate of drug-likeness (QED) is 0.503. The molecule has 3 rings (SSSR count). The van der Waals surface area contributed by atoms with Gasteiger partial charge in [-0.1, -0.05) is 42.5 Å². The second kappa shape index (κ2) is 8.08. The van der Waals surface area contributed by atoms with Crippen LogP contribution in [-0.2, 0) is 13.1 Å². The van der Waals surface area contributed by atoms with E-state index in [1.807, 2.05) is 54.6 Å². The minimum absolute atomic E-state index is 0.109. The molecule has 0 spiro atoms. The fraction of sp³-hybridized carbons (Fsp3) is 0.100. The van der Waals surface area contributed by atoms with Crippen molar-refractivity contribution in [3.05, 3.63) is 100 Å². The maximum Gasteiger partial charge on any atom is 0.269 e. The van der Waals surface area contributed by atoms with E-state index in [0.29, 0.717) is 13.1 Å². The standard InChI is InChI=1S/C20H18N2O3/c23-22(24)18-10-6-16(7-11-18)14-21-15-17-8-12-20(13-9-17)25-19-4-2-1-3-5-19/h1-13,21H,14-15H2.